The van der Waals surface area contributed by atoms with E-state index in [9.17, 15) is 0 Å². The summed E-state index contributed by atoms with van der Waals surface area (Å²) in [5.74, 6) is 2.46. The van der Waals surface area contributed by atoms with Gasteiger partial charge in [-0.2, -0.15) is 20.2 Å². The summed E-state index contributed by atoms with van der Waals surface area (Å²) in [6.45, 7) is 0. The largest absolute Gasteiger partial charge is 0.495 e. The molecule has 8 heteroatoms. The van der Waals surface area contributed by atoms with Crippen LogP contribution < -0.4 is 20.9 Å². The van der Waals surface area contributed by atoms with Gasteiger partial charge in [-0.3, -0.25) is 5.43 Å². The summed E-state index contributed by atoms with van der Waals surface area (Å²) in [4.78, 5) is 9.25. The number of hydrazone groups is 2. The Labute approximate surface area is 196 Å². The molecule has 0 unspecified atom stereocenters. The van der Waals surface area contributed by atoms with Crippen LogP contribution in [0.2, 0.25) is 0 Å². The number of para-hydroxylation sites is 2. The van der Waals surface area contributed by atoms with Crippen molar-refractivity contribution in [1.29, 1.82) is 0 Å². The molecule has 2 fully saturated rings. The average molecular weight is 450 g/mol. The van der Waals surface area contributed by atoms with Crippen molar-refractivity contribution in [3.8, 4) is 5.75 Å². The maximum absolute atomic E-state index is 5.47. The first-order valence-corrected chi connectivity index (χ1v) is 12.2. The minimum absolute atomic E-state index is 0.440. The number of benzene rings is 1. The lowest BCUT2D eigenvalue weighted by Crippen LogP contribution is -2.07. The lowest BCUT2D eigenvalue weighted by atomic mass is 10.2. The lowest BCUT2D eigenvalue weighted by Gasteiger charge is -2.13. The summed E-state index contributed by atoms with van der Waals surface area (Å²) in [5, 5.41) is 12.6. The number of aromatic nitrogens is 2. The van der Waals surface area contributed by atoms with Crippen molar-refractivity contribution < 1.29 is 4.74 Å². The van der Waals surface area contributed by atoms with Gasteiger partial charge in [0.2, 0.25) is 5.95 Å². The summed E-state index contributed by atoms with van der Waals surface area (Å²) in [6.07, 6.45) is 14.1. The van der Waals surface area contributed by atoms with Gasteiger partial charge in [-0.15, -0.1) is 0 Å². The van der Waals surface area contributed by atoms with Crippen LogP contribution in [0.1, 0.15) is 77.0 Å². The lowest BCUT2D eigenvalue weighted by molar-refractivity contribution is 0.417. The average Bonchev–Trinajstić information content (AvgIpc) is 3.27. The summed E-state index contributed by atoms with van der Waals surface area (Å²) < 4.78 is 5.47. The first-order chi connectivity index (χ1) is 16.3. The molecule has 1 aromatic heterocycles. The number of methoxy groups -OCH3 is 1. The van der Waals surface area contributed by atoms with Crippen LogP contribution in [0.25, 0.3) is 0 Å². The summed E-state index contributed by atoms with van der Waals surface area (Å²) in [6, 6.07) is 9.63. The Kier molecular flexibility index (Phi) is 8.49. The molecule has 0 amide bonds. The van der Waals surface area contributed by atoms with Crippen LogP contribution in [-0.4, -0.2) is 28.5 Å². The third-order valence-electron chi connectivity index (χ3n) is 6.10. The number of nitrogens with one attached hydrogen (secondary N) is 3. The van der Waals surface area contributed by atoms with Crippen molar-refractivity contribution in [2.45, 2.75) is 77.0 Å². The molecule has 0 atom stereocenters. The standard InChI is InChI=1S/C25H35N7O/c1-33-22-17-11-10-16-21(22)26-23-18-24(31-29-19-12-6-2-3-7-13-19)28-25(27-23)32-30-20-14-8-4-5-9-15-20/h10-11,16-18H,2-9,12-15H2,1H3,(H3,26,27,28,31,32). The smallest absolute Gasteiger partial charge is 0.247 e. The molecule has 1 heterocycles. The van der Waals surface area contributed by atoms with E-state index in [1.54, 1.807) is 7.11 Å². The predicted octanol–water partition coefficient (Wildman–Crippen LogP) is 6.47. The van der Waals surface area contributed by atoms with Gasteiger partial charge in [-0.05, 0) is 63.5 Å². The Balaban J connectivity index is 1.56. The zero-order valence-corrected chi connectivity index (χ0v) is 19.6. The van der Waals surface area contributed by atoms with Crippen molar-refractivity contribution in [2.24, 2.45) is 10.2 Å². The van der Waals surface area contributed by atoms with Gasteiger partial charge in [0.05, 0.1) is 12.8 Å². The number of hydrogen-bond acceptors (Lipinski definition) is 8. The molecule has 2 saturated carbocycles. The molecule has 2 aliphatic carbocycles. The van der Waals surface area contributed by atoms with Gasteiger partial charge in [0.25, 0.3) is 0 Å². The molecule has 176 valence electrons. The van der Waals surface area contributed by atoms with Crippen LogP contribution in [0.15, 0.2) is 40.5 Å². The Morgan fingerprint density at radius 1 is 0.727 bits per heavy atom. The highest BCUT2D eigenvalue weighted by atomic mass is 16.5. The third-order valence-corrected chi connectivity index (χ3v) is 6.10. The molecule has 2 aromatic rings. The van der Waals surface area contributed by atoms with E-state index in [1.807, 2.05) is 30.3 Å². The Morgan fingerprint density at radius 3 is 1.94 bits per heavy atom. The molecule has 0 bridgehead atoms. The quantitative estimate of drug-likeness (QED) is 0.331. The monoisotopic (exact) mass is 449 g/mol. The SMILES string of the molecule is COc1ccccc1Nc1cc(NN=C2CCCCCC2)nc(NN=C2CCCCCC2)n1. The number of ether oxygens (including phenoxy) is 1. The van der Waals surface area contributed by atoms with Crippen molar-refractivity contribution >= 4 is 34.7 Å². The van der Waals surface area contributed by atoms with Crippen LogP contribution in [0, 0.1) is 0 Å². The van der Waals surface area contributed by atoms with Gasteiger partial charge in [0.15, 0.2) is 5.82 Å². The van der Waals surface area contributed by atoms with Crippen LogP contribution in [0.5, 0.6) is 5.75 Å². The molecule has 1 aromatic carbocycles. The van der Waals surface area contributed by atoms with Crippen LogP contribution in [-0.2, 0) is 0 Å². The van der Waals surface area contributed by atoms with Gasteiger partial charge in [-0.1, -0.05) is 37.8 Å². The highest BCUT2D eigenvalue weighted by Gasteiger charge is 2.11. The Hall–Kier alpha value is -3.16. The second kappa shape index (κ2) is 12.2. The summed E-state index contributed by atoms with van der Waals surface area (Å²) in [7, 11) is 1.66. The number of rotatable bonds is 7. The van der Waals surface area contributed by atoms with Gasteiger partial charge in [0.1, 0.15) is 11.6 Å². The minimum atomic E-state index is 0.440. The Bertz CT molecular complexity index is 903. The zero-order valence-electron chi connectivity index (χ0n) is 19.6. The highest BCUT2D eigenvalue weighted by Crippen LogP contribution is 2.27. The van der Waals surface area contributed by atoms with E-state index in [0.29, 0.717) is 17.6 Å². The van der Waals surface area contributed by atoms with Crippen molar-refractivity contribution in [3.63, 3.8) is 0 Å². The molecule has 2 aliphatic rings. The first kappa shape index (κ1) is 23.0. The maximum atomic E-state index is 5.47. The minimum Gasteiger partial charge on any atom is -0.495 e. The van der Waals surface area contributed by atoms with Crippen molar-refractivity contribution in [3.05, 3.63) is 30.3 Å². The van der Waals surface area contributed by atoms with E-state index < -0.39 is 0 Å². The van der Waals surface area contributed by atoms with Crippen LogP contribution >= 0.6 is 0 Å². The van der Waals surface area contributed by atoms with Crippen molar-refractivity contribution in [1.82, 2.24) is 9.97 Å². The molecule has 0 spiro atoms. The topological polar surface area (TPSA) is 95.8 Å². The number of nitrogens with zero attached hydrogens (tertiary/aromatic N) is 4. The van der Waals surface area contributed by atoms with Crippen molar-refractivity contribution in [2.75, 3.05) is 23.3 Å². The fourth-order valence-electron chi connectivity index (χ4n) is 4.27. The van der Waals surface area contributed by atoms with E-state index in [0.717, 1.165) is 37.1 Å². The molecule has 3 N–H and O–H groups in total. The van der Waals surface area contributed by atoms with Gasteiger partial charge >= 0.3 is 0 Å². The van der Waals surface area contributed by atoms with E-state index in [1.165, 1.54) is 62.8 Å². The van der Waals surface area contributed by atoms with Gasteiger partial charge in [-0.25, -0.2) is 5.43 Å². The first-order valence-electron chi connectivity index (χ1n) is 12.2. The fraction of sp³-hybridized carbons (Fsp3) is 0.520. The normalized spacial score (nSPS) is 16.9. The molecule has 0 aliphatic heterocycles. The maximum Gasteiger partial charge on any atom is 0.247 e. The van der Waals surface area contributed by atoms with Crippen LogP contribution in [0.3, 0.4) is 0 Å². The second-order valence-corrected chi connectivity index (χ2v) is 8.70. The highest BCUT2D eigenvalue weighted by molar-refractivity contribution is 5.86. The van der Waals surface area contributed by atoms with Gasteiger partial charge in [0, 0.05) is 17.5 Å². The molecule has 4 rings (SSSR count). The van der Waals surface area contributed by atoms with Gasteiger partial charge < -0.3 is 10.1 Å². The summed E-state index contributed by atoms with van der Waals surface area (Å²) in [5.41, 5.74) is 9.48. The van der Waals surface area contributed by atoms with E-state index in [-0.39, 0.29) is 0 Å². The van der Waals surface area contributed by atoms with E-state index in [4.69, 9.17) is 4.74 Å². The van der Waals surface area contributed by atoms with E-state index >= 15 is 0 Å². The molecule has 0 radical (unpaired) electrons. The molecule has 0 saturated heterocycles. The number of anilines is 4. The molecule has 33 heavy (non-hydrogen) atoms. The summed E-state index contributed by atoms with van der Waals surface area (Å²) >= 11 is 0. The molecular weight excluding hydrogens is 414 g/mol. The molecule has 8 nitrogen and oxygen atoms in total. The third kappa shape index (κ3) is 7.17. The van der Waals surface area contributed by atoms with Crippen LogP contribution in [0.4, 0.5) is 23.3 Å². The molecular formula is C25H35N7O. The second-order valence-electron chi connectivity index (χ2n) is 8.70. The predicted molar refractivity (Wildman–Crippen MR) is 136 cm³/mol. The fourth-order valence-corrected chi connectivity index (χ4v) is 4.27. The number of hydrogen-bond donors (Lipinski definition) is 3. The van der Waals surface area contributed by atoms with E-state index in [2.05, 4.69) is 36.3 Å². The Morgan fingerprint density at radius 2 is 1.30 bits per heavy atom. The zero-order chi connectivity index (χ0) is 22.7.